The summed E-state index contributed by atoms with van der Waals surface area (Å²) in [5.41, 5.74) is 1.49. The Balaban J connectivity index is 1.59. The third kappa shape index (κ3) is 4.30. The van der Waals surface area contributed by atoms with E-state index in [4.69, 9.17) is 16.3 Å². The van der Waals surface area contributed by atoms with Gasteiger partial charge in [0, 0.05) is 15.4 Å². The van der Waals surface area contributed by atoms with Crippen LogP contribution in [-0.4, -0.2) is 18.9 Å². The topological polar surface area (TPSA) is 67.4 Å². The van der Waals surface area contributed by atoms with Crippen molar-refractivity contribution in [2.75, 3.05) is 17.7 Å². The molecule has 1 heterocycles. The molecule has 0 aliphatic heterocycles. The lowest BCUT2D eigenvalue weighted by atomic mass is 10.1. The number of carbonyl (C=O) groups excluding carboxylic acids is 2. The Morgan fingerprint density at radius 1 is 1.00 bits per heavy atom. The Hall–Kier alpha value is -3.42. The minimum atomic E-state index is -0.737. The molecular weight excluding hydrogens is 451 g/mol. The molecule has 8 heteroatoms. The third-order valence-corrected chi connectivity index (χ3v) is 6.44. The first kappa shape index (κ1) is 21.8. The van der Waals surface area contributed by atoms with Crippen molar-refractivity contribution in [1.29, 1.82) is 0 Å². The van der Waals surface area contributed by atoms with E-state index in [1.54, 1.807) is 18.2 Å². The quantitative estimate of drug-likeness (QED) is 0.350. The lowest BCUT2D eigenvalue weighted by molar-refractivity contribution is 0.101. The second-order valence-corrected chi connectivity index (χ2v) is 8.49. The molecule has 162 valence electrons. The lowest BCUT2D eigenvalue weighted by Crippen LogP contribution is -2.15. The number of anilines is 2. The fourth-order valence-electron chi connectivity index (χ4n) is 3.33. The van der Waals surface area contributed by atoms with Gasteiger partial charge in [0.1, 0.15) is 11.6 Å². The van der Waals surface area contributed by atoms with Crippen LogP contribution < -0.4 is 15.4 Å². The number of amides is 2. The van der Waals surface area contributed by atoms with E-state index in [-0.39, 0.29) is 22.2 Å². The number of ether oxygens (including phenoxy) is 1. The average molecular weight is 469 g/mol. The van der Waals surface area contributed by atoms with Crippen LogP contribution in [0, 0.1) is 12.7 Å². The fraction of sp³-hybridized carbons (Fsp3) is 0.0833. The zero-order valence-corrected chi connectivity index (χ0v) is 18.7. The summed E-state index contributed by atoms with van der Waals surface area (Å²) in [7, 11) is 1.45. The smallest absolute Gasteiger partial charge is 0.266 e. The maximum atomic E-state index is 14.1. The molecule has 0 radical (unpaired) electrons. The van der Waals surface area contributed by atoms with Gasteiger partial charge in [0.2, 0.25) is 0 Å². The van der Waals surface area contributed by atoms with Crippen LogP contribution in [-0.2, 0) is 0 Å². The molecule has 4 aromatic rings. The molecule has 4 rings (SSSR count). The molecule has 0 unspecified atom stereocenters. The van der Waals surface area contributed by atoms with Crippen molar-refractivity contribution in [1.82, 2.24) is 0 Å². The highest BCUT2D eigenvalue weighted by atomic mass is 35.5. The summed E-state index contributed by atoms with van der Waals surface area (Å²) in [6.45, 7) is 1.91. The second-order valence-electron chi connectivity index (χ2n) is 7.00. The average Bonchev–Trinajstić information content (AvgIpc) is 3.11. The number of methoxy groups -OCH3 is 1. The minimum Gasteiger partial charge on any atom is -0.495 e. The second kappa shape index (κ2) is 8.98. The molecule has 3 aromatic carbocycles. The van der Waals surface area contributed by atoms with Gasteiger partial charge in [0.05, 0.1) is 23.2 Å². The van der Waals surface area contributed by atoms with Crippen molar-refractivity contribution in [3.05, 3.63) is 87.5 Å². The predicted octanol–water partition coefficient (Wildman–Crippen LogP) is 6.52. The van der Waals surface area contributed by atoms with Crippen molar-refractivity contribution >= 4 is 56.2 Å². The van der Waals surface area contributed by atoms with Gasteiger partial charge in [-0.3, -0.25) is 9.59 Å². The van der Waals surface area contributed by atoms with Gasteiger partial charge in [0.25, 0.3) is 11.8 Å². The van der Waals surface area contributed by atoms with Gasteiger partial charge in [0.15, 0.2) is 0 Å². The van der Waals surface area contributed by atoms with E-state index in [1.807, 2.05) is 31.2 Å². The van der Waals surface area contributed by atoms with E-state index >= 15 is 0 Å². The zero-order valence-electron chi connectivity index (χ0n) is 17.2. The number of thiophene rings is 1. The Morgan fingerprint density at radius 2 is 1.78 bits per heavy atom. The summed E-state index contributed by atoms with van der Waals surface area (Å²) < 4.78 is 20.4. The molecule has 0 fully saturated rings. The van der Waals surface area contributed by atoms with E-state index in [2.05, 4.69) is 10.6 Å². The third-order valence-electron chi connectivity index (χ3n) is 4.93. The summed E-state index contributed by atoms with van der Waals surface area (Å²) in [5.74, 6) is -1.29. The summed E-state index contributed by atoms with van der Waals surface area (Å²) in [4.78, 5) is 26.1. The number of fused-ring (bicyclic) bond motifs is 1. The van der Waals surface area contributed by atoms with Crippen LogP contribution in [0.3, 0.4) is 0 Å². The number of hydrogen-bond acceptors (Lipinski definition) is 4. The number of hydrogen-bond donors (Lipinski definition) is 2. The van der Waals surface area contributed by atoms with E-state index in [9.17, 15) is 14.0 Å². The molecule has 0 saturated carbocycles. The maximum absolute atomic E-state index is 14.1. The van der Waals surface area contributed by atoms with Crippen LogP contribution >= 0.6 is 22.9 Å². The lowest BCUT2D eigenvalue weighted by Gasteiger charge is -2.13. The Bertz CT molecular complexity index is 1350. The van der Waals surface area contributed by atoms with Crippen molar-refractivity contribution in [2.24, 2.45) is 0 Å². The molecule has 0 atom stereocenters. The normalized spacial score (nSPS) is 10.8. The minimum absolute atomic E-state index is 0.160. The SMILES string of the molecule is COc1ccc(NC(=O)c2sc3ccccc3c2C)cc1NC(=O)c1ccc(Cl)cc1F. The molecule has 2 amide bonds. The first-order valence-corrected chi connectivity index (χ1v) is 10.8. The largest absolute Gasteiger partial charge is 0.495 e. The monoisotopic (exact) mass is 468 g/mol. The maximum Gasteiger partial charge on any atom is 0.266 e. The summed E-state index contributed by atoms with van der Waals surface area (Å²) >= 11 is 7.17. The van der Waals surface area contributed by atoms with Gasteiger partial charge in [-0.25, -0.2) is 4.39 Å². The summed E-state index contributed by atoms with van der Waals surface area (Å²) in [6, 6.07) is 16.5. The van der Waals surface area contributed by atoms with E-state index < -0.39 is 11.7 Å². The van der Waals surface area contributed by atoms with Gasteiger partial charge in [-0.05, 0) is 60.3 Å². The van der Waals surface area contributed by atoms with Crippen LogP contribution in [0.4, 0.5) is 15.8 Å². The van der Waals surface area contributed by atoms with Crippen LogP contribution in [0.15, 0.2) is 60.7 Å². The molecule has 0 bridgehead atoms. The number of benzene rings is 3. The van der Waals surface area contributed by atoms with Gasteiger partial charge < -0.3 is 15.4 Å². The van der Waals surface area contributed by atoms with Crippen LogP contribution in [0.5, 0.6) is 5.75 Å². The first-order valence-electron chi connectivity index (χ1n) is 9.61. The zero-order chi connectivity index (χ0) is 22.8. The van der Waals surface area contributed by atoms with Gasteiger partial charge in [-0.2, -0.15) is 0 Å². The number of nitrogens with one attached hydrogen (secondary N) is 2. The van der Waals surface area contributed by atoms with Crippen LogP contribution in [0.1, 0.15) is 25.6 Å². The van der Waals surface area contributed by atoms with Gasteiger partial charge >= 0.3 is 0 Å². The number of halogens is 2. The summed E-state index contributed by atoms with van der Waals surface area (Å²) in [6.07, 6.45) is 0. The van der Waals surface area contributed by atoms with Crippen molar-refractivity contribution in [3.63, 3.8) is 0 Å². The first-order chi connectivity index (χ1) is 15.4. The van der Waals surface area contributed by atoms with Crippen molar-refractivity contribution in [3.8, 4) is 5.75 Å². The Morgan fingerprint density at radius 3 is 2.50 bits per heavy atom. The number of carbonyl (C=O) groups is 2. The highest BCUT2D eigenvalue weighted by Gasteiger charge is 2.18. The van der Waals surface area contributed by atoms with Crippen molar-refractivity contribution < 1.29 is 18.7 Å². The van der Waals surface area contributed by atoms with Crippen LogP contribution in [0.2, 0.25) is 5.02 Å². The van der Waals surface area contributed by atoms with E-state index in [0.717, 1.165) is 21.7 Å². The number of aryl methyl sites for hydroxylation is 1. The predicted molar refractivity (Wildman–Crippen MR) is 127 cm³/mol. The van der Waals surface area contributed by atoms with Crippen molar-refractivity contribution in [2.45, 2.75) is 6.92 Å². The highest BCUT2D eigenvalue weighted by molar-refractivity contribution is 7.21. The molecule has 2 N–H and O–H groups in total. The Kier molecular flexibility index (Phi) is 6.12. The molecule has 32 heavy (non-hydrogen) atoms. The van der Waals surface area contributed by atoms with Gasteiger partial charge in [-0.1, -0.05) is 29.8 Å². The molecule has 0 spiro atoms. The Labute approximate surface area is 192 Å². The molecule has 1 aromatic heterocycles. The molecule has 0 aliphatic carbocycles. The fourth-order valence-corrected chi connectivity index (χ4v) is 4.59. The standard InChI is InChI=1S/C24H18ClFN2O3S/c1-13-16-5-3-4-6-21(16)32-22(13)24(30)27-15-8-10-20(31-2)19(12-15)28-23(29)17-9-7-14(25)11-18(17)26/h3-12H,1-2H3,(H,27,30)(H,28,29). The highest BCUT2D eigenvalue weighted by Crippen LogP contribution is 2.33. The number of rotatable bonds is 5. The van der Waals surface area contributed by atoms with Gasteiger partial charge in [-0.15, -0.1) is 11.3 Å². The van der Waals surface area contributed by atoms with E-state index in [1.165, 1.54) is 30.6 Å². The molecule has 0 aliphatic rings. The molecule has 5 nitrogen and oxygen atoms in total. The molecule has 0 saturated heterocycles. The van der Waals surface area contributed by atoms with Crippen LogP contribution in [0.25, 0.3) is 10.1 Å². The van der Waals surface area contributed by atoms with E-state index in [0.29, 0.717) is 16.3 Å². The molecular formula is C24H18ClFN2O3S. The summed E-state index contributed by atoms with van der Waals surface area (Å²) in [5, 5.41) is 6.72.